The highest BCUT2D eigenvalue weighted by atomic mass is 16.5. The summed E-state index contributed by atoms with van der Waals surface area (Å²) in [7, 11) is 0. The second kappa shape index (κ2) is 5.30. The molecule has 3 nitrogen and oxygen atoms in total. The largest absolute Gasteiger partial charge is 0.378 e. The first-order valence-corrected chi connectivity index (χ1v) is 6.52. The molecule has 0 radical (unpaired) electrons. The van der Waals surface area contributed by atoms with E-state index in [-0.39, 0.29) is 5.54 Å². The molecule has 1 aliphatic heterocycles. The Hall–Kier alpha value is -0.380. The molecule has 0 spiro atoms. The Morgan fingerprint density at radius 3 is 2.81 bits per heavy atom. The molecule has 0 aromatic carbocycles. The van der Waals surface area contributed by atoms with Crippen molar-refractivity contribution in [1.82, 2.24) is 5.32 Å². The van der Waals surface area contributed by atoms with E-state index in [2.05, 4.69) is 24.4 Å². The van der Waals surface area contributed by atoms with Crippen LogP contribution in [0.2, 0.25) is 0 Å². The van der Waals surface area contributed by atoms with Crippen molar-refractivity contribution in [1.29, 1.82) is 0 Å². The minimum Gasteiger partial charge on any atom is -0.378 e. The van der Waals surface area contributed by atoms with Crippen LogP contribution in [0.4, 0.5) is 0 Å². The number of hydrogen-bond acceptors (Lipinski definition) is 3. The van der Waals surface area contributed by atoms with Gasteiger partial charge in [-0.3, -0.25) is 0 Å². The van der Waals surface area contributed by atoms with Crippen LogP contribution >= 0.6 is 0 Å². The summed E-state index contributed by atoms with van der Waals surface area (Å²) in [5, 5.41) is 3.78. The lowest BCUT2D eigenvalue weighted by atomic mass is 9.85. The van der Waals surface area contributed by atoms with Crippen molar-refractivity contribution in [2.24, 2.45) is 5.73 Å². The van der Waals surface area contributed by atoms with Crippen molar-refractivity contribution in [3.8, 4) is 0 Å². The summed E-state index contributed by atoms with van der Waals surface area (Å²) in [4.78, 5) is 0. The quantitative estimate of drug-likeness (QED) is 0.713. The fourth-order valence-corrected chi connectivity index (χ4v) is 2.82. The molecule has 16 heavy (non-hydrogen) atoms. The standard InChI is InChI=1S/C13H24N2O/c1-2-12-9-13(10-14,7-8-16-12)15-11-5-3-4-6-11/h3-4,11-12,15H,2,5-10,14H2,1H3. The third kappa shape index (κ3) is 2.65. The van der Waals surface area contributed by atoms with Gasteiger partial charge in [0, 0.05) is 24.7 Å². The van der Waals surface area contributed by atoms with E-state index < -0.39 is 0 Å². The lowest BCUT2D eigenvalue weighted by Crippen LogP contribution is -2.59. The van der Waals surface area contributed by atoms with Crippen LogP contribution in [-0.2, 0) is 4.74 Å². The monoisotopic (exact) mass is 224 g/mol. The van der Waals surface area contributed by atoms with Gasteiger partial charge in [0.15, 0.2) is 0 Å². The van der Waals surface area contributed by atoms with E-state index in [4.69, 9.17) is 10.5 Å². The molecule has 2 aliphatic rings. The number of nitrogens with one attached hydrogen (secondary N) is 1. The summed E-state index contributed by atoms with van der Waals surface area (Å²) in [5.74, 6) is 0. The van der Waals surface area contributed by atoms with Crippen LogP contribution in [-0.4, -0.2) is 30.8 Å². The van der Waals surface area contributed by atoms with Crippen LogP contribution in [0, 0.1) is 0 Å². The van der Waals surface area contributed by atoms with Crippen LogP contribution < -0.4 is 11.1 Å². The maximum Gasteiger partial charge on any atom is 0.0590 e. The molecule has 1 aliphatic carbocycles. The number of rotatable bonds is 4. The summed E-state index contributed by atoms with van der Waals surface area (Å²) in [6.45, 7) is 3.76. The zero-order chi connectivity index (χ0) is 11.4. The highest BCUT2D eigenvalue weighted by Crippen LogP contribution is 2.27. The molecule has 0 amide bonds. The second-order valence-electron chi connectivity index (χ2n) is 5.12. The summed E-state index contributed by atoms with van der Waals surface area (Å²) in [6.07, 6.45) is 10.4. The van der Waals surface area contributed by atoms with Crippen LogP contribution in [0.25, 0.3) is 0 Å². The molecule has 0 aromatic rings. The second-order valence-corrected chi connectivity index (χ2v) is 5.12. The van der Waals surface area contributed by atoms with E-state index in [0.29, 0.717) is 12.1 Å². The molecule has 1 heterocycles. The average molecular weight is 224 g/mol. The number of nitrogens with two attached hydrogens (primary N) is 1. The number of hydrogen-bond donors (Lipinski definition) is 2. The van der Waals surface area contributed by atoms with E-state index in [1.165, 1.54) is 0 Å². The Morgan fingerprint density at radius 2 is 2.19 bits per heavy atom. The molecule has 92 valence electrons. The molecule has 2 unspecified atom stereocenters. The molecule has 0 bridgehead atoms. The van der Waals surface area contributed by atoms with E-state index in [9.17, 15) is 0 Å². The van der Waals surface area contributed by atoms with Gasteiger partial charge in [0.1, 0.15) is 0 Å². The molecular formula is C13H24N2O. The smallest absolute Gasteiger partial charge is 0.0590 e. The normalized spacial score (nSPS) is 35.8. The van der Waals surface area contributed by atoms with Gasteiger partial charge in [0.05, 0.1) is 6.10 Å². The average Bonchev–Trinajstić information content (AvgIpc) is 2.82. The van der Waals surface area contributed by atoms with Crippen LogP contribution in [0.1, 0.15) is 39.0 Å². The molecule has 0 aromatic heterocycles. The van der Waals surface area contributed by atoms with Gasteiger partial charge in [-0.25, -0.2) is 0 Å². The zero-order valence-corrected chi connectivity index (χ0v) is 10.2. The van der Waals surface area contributed by atoms with Gasteiger partial charge >= 0.3 is 0 Å². The molecule has 2 atom stereocenters. The van der Waals surface area contributed by atoms with Gasteiger partial charge < -0.3 is 15.8 Å². The highest BCUT2D eigenvalue weighted by molar-refractivity contribution is 5.03. The van der Waals surface area contributed by atoms with E-state index in [1.807, 2.05) is 0 Å². The molecule has 3 N–H and O–H groups in total. The van der Waals surface area contributed by atoms with Crippen molar-refractivity contribution in [3.05, 3.63) is 12.2 Å². The zero-order valence-electron chi connectivity index (χ0n) is 10.2. The van der Waals surface area contributed by atoms with Crippen molar-refractivity contribution in [2.75, 3.05) is 13.2 Å². The maximum atomic E-state index is 5.99. The van der Waals surface area contributed by atoms with Gasteiger partial charge in [-0.1, -0.05) is 19.1 Å². The Labute approximate surface area is 98.4 Å². The maximum absolute atomic E-state index is 5.99. The molecule has 3 heteroatoms. The molecule has 0 saturated carbocycles. The topological polar surface area (TPSA) is 47.3 Å². The first-order chi connectivity index (χ1) is 7.78. The third-order valence-electron chi connectivity index (χ3n) is 3.92. The molecule has 2 rings (SSSR count). The minimum atomic E-state index is 0.121. The first-order valence-electron chi connectivity index (χ1n) is 6.52. The van der Waals surface area contributed by atoms with Crippen LogP contribution in [0.5, 0.6) is 0 Å². The predicted molar refractivity (Wildman–Crippen MR) is 66.3 cm³/mol. The van der Waals surface area contributed by atoms with Crippen molar-refractivity contribution in [2.45, 2.75) is 56.7 Å². The first kappa shape index (κ1) is 12.1. The van der Waals surface area contributed by atoms with Gasteiger partial charge in [-0.2, -0.15) is 0 Å². The van der Waals surface area contributed by atoms with Crippen molar-refractivity contribution >= 4 is 0 Å². The van der Waals surface area contributed by atoms with Crippen LogP contribution in [0.15, 0.2) is 12.2 Å². The minimum absolute atomic E-state index is 0.121. The SMILES string of the molecule is CCC1CC(CN)(NC2CC=CC2)CCO1. The van der Waals surface area contributed by atoms with Crippen LogP contribution in [0.3, 0.4) is 0 Å². The fraction of sp³-hybridized carbons (Fsp3) is 0.846. The van der Waals surface area contributed by atoms with E-state index in [1.54, 1.807) is 0 Å². The van der Waals surface area contributed by atoms with Gasteiger partial charge in [-0.15, -0.1) is 0 Å². The van der Waals surface area contributed by atoms with E-state index >= 15 is 0 Å². The molecule has 1 saturated heterocycles. The summed E-state index contributed by atoms with van der Waals surface area (Å²) < 4.78 is 5.74. The fourth-order valence-electron chi connectivity index (χ4n) is 2.82. The van der Waals surface area contributed by atoms with Gasteiger partial charge in [0.25, 0.3) is 0 Å². The Balaban J connectivity index is 1.94. The Kier molecular flexibility index (Phi) is 4.00. The molecule has 1 fully saturated rings. The number of ether oxygens (including phenoxy) is 1. The highest BCUT2D eigenvalue weighted by Gasteiger charge is 2.36. The third-order valence-corrected chi connectivity index (χ3v) is 3.92. The van der Waals surface area contributed by atoms with Gasteiger partial charge in [-0.05, 0) is 32.1 Å². The summed E-state index contributed by atoms with van der Waals surface area (Å²) in [5.41, 5.74) is 6.12. The summed E-state index contributed by atoms with van der Waals surface area (Å²) >= 11 is 0. The Bertz CT molecular complexity index is 246. The van der Waals surface area contributed by atoms with Gasteiger partial charge in [0.2, 0.25) is 0 Å². The van der Waals surface area contributed by atoms with Crippen molar-refractivity contribution in [3.63, 3.8) is 0 Å². The Morgan fingerprint density at radius 1 is 1.44 bits per heavy atom. The van der Waals surface area contributed by atoms with E-state index in [0.717, 1.165) is 45.3 Å². The predicted octanol–water partition coefficient (Wildman–Crippen LogP) is 1.58. The lowest BCUT2D eigenvalue weighted by molar-refractivity contribution is -0.0306. The summed E-state index contributed by atoms with van der Waals surface area (Å²) in [6, 6.07) is 0.596. The molecular weight excluding hydrogens is 200 g/mol. The van der Waals surface area contributed by atoms with Crippen molar-refractivity contribution < 1.29 is 4.74 Å². The lowest BCUT2D eigenvalue weighted by Gasteiger charge is -2.42.